The number of hydrogen-bond acceptors (Lipinski definition) is 5. The summed E-state index contributed by atoms with van der Waals surface area (Å²) < 4.78 is 33.4. The van der Waals surface area contributed by atoms with Crippen molar-refractivity contribution in [1.29, 1.82) is 0 Å². The number of rotatable bonds is 3. The van der Waals surface area contributed by atoms with Crippen molar-refractivity contribution in [3.63, 3.8) is 0 Å². The van der Waals surface area contributed by atoms with Gasteiger partial charge in [-0.15, -0.1) is 5.10 Å². The SMILES string of the molecule is C[C@@H](Oc1ccc(F)cc1F)c1ccnc2nc(N)nn12. The fourth-order valence-electron chi connectivity index (χ4n) is 1.96. The smallest absolute Gasteiger partial charge is 0.254 e. The van der Waals surface area contributed by atoms with Crippen LogP contribution in [0.2, 0.25) is 0 Å². The number of halogens is 2. The highest BCUT2D eigenvalue weighted by Crippen LogP contribution is 2.24. The third-order valence-corrected chi connectivity index (χ3v) is 2.90. The largest absolute Gasteiger partial charge is 0.481 e. The minimum Gasteiger partial charge on any atom is -0.481 e. The zero-order chi connectivity index (χ0) is 15.0. The summed E-state index contributed by atoms with van der Waals surface area (Å²) in [5, 5.41) is 4.00. The molecule has 0 amide bonds. The quantitative estimate of drug-likeness (QED) is 0.799. The molecule has 0 spiro atoms. The van der Waals surface area contributed by atoms with Gasteiger partial charge in [0.25, 0.3) is 5.78 Å². The number of hydrogen-bond donors (Lipinski definition) is 1. The molecule has 0 bridgehead atoms. The molecule has 0 radical (unpaired) electrons. The molecular weight excluding hydrogens is 280 g/mol. The van der Waals surface area contributed by atoms with Crippen molar-refractivity contribution in [2.75, 3.05) is 5.73 Å². The Hall–Kier alpha value is -2.77. The van der Waals surface area contributed by atoms with E-state index in [0.29, 0.717) is 11.5 Å². The molecule has 0 aliphatic heterocycles. The number of nitrogen functional groups attached to an aromatic ring is 1. The van der Waals surface area contributed by atoms with Gasteiger partial charge in [0, 0.05) is 12.3 Å². The fraction of sp³-hybridized carbons (Fsp3) is 0.154. The number of aromatic nitrogens is 4. The number of fused-ring (bicyclic) bond motifs is 1. The van der Waals surface area contributed by atoms with E-state index in [4.69, 9.17) is 10.5 Å². The number of nitrogens with zero attached hydrogens (tertiary/aromatic N) is 4. The van der Waals surface area contributed by atoms with Crippen molar-refractivity contribution in [3.8, 4) is 5.75 Å². The van der Waals surface area contributed by atoms with Gasteiger partial charge in [0.2, 0.25) is 5.95 Å². The van der Waals surface area contributed by atoms with Crippen molar-refractivity contribution in [2.45, 2.75) is 13.0 Å². The number of ether oxygens (including phenoxy) is 1. The van der Waals surface area contributed by atoms with Crippen LogP contribution in [0.3, 0.4) is 0 Å². The second kappa shape index (κ2) is 4.97. The molecule has 21 heavy (non-hydrogen) atoms. The second-order valence-corrected chi connectivity index (χ2v) is 4.39. The first-order valence-corrected chi connectivity index (χ1v) is 6.13. The topological polar surface area (TPSA) is 78.3 Å². The molecule has 0 saturated carbocycles. The lowest BCUT2D eigenvalue weighted by Crippen LogP contribution is -2.11. The molecule has 0 saturated heterocycles. The summed E-state index contributed by atoms with van der Waals surface area (Å²) >= 11 is 0. The molecule has 1 atom stereocenters. The Morgan fingerprint density at radius 3 is 2.86 bits per heavy atom. The van der Waals surface area contributed by atoms with Crippen LogP contribution >= 0.6 is 0 Å². The van der Waals surface area contributed by atoms with Gasteiger partial charge in [0.05, 0.1) is 5.69 Å². The van der Waals surface area contributed by atoms with Crippen molar-refractivity contribution >= 4 is 11.7 Å². The molecule has 2 aromatic heterocycles. The molecule has 108 valence electrons. The molecule has 8 heteroatoms. The first-order chi connectivity index (χ1) is 10.0. The molecule has 0 aliphatic rings. The van der Waals surface area contributed by atoms with Crippen LogP contribution in [-0.2, 0) is 0 Å². The van der Waals surface area contributed by atoms with Gasteiger partial charge in [-0.2, -0.15) is 9.50 Å². The van der Waals surface area contributed by atoms with Gasteiger partial charge in [-0.3, -0.25) is 0 Å². The van der Waals surface area contributed by atoms with Crippen LogP contribution in [0.5, 0.6) is 5.75 Å². The van der Waals surface area contributed by atoms with Crippen LogP contribution in [0.1, 0.15) is 18.7 Å². The summed E-state index contributed by atoms with van der Waals surface area (Å²) in [5.74, 6) is -1.09. The maximum absolute atomic E-state index is 13.6. The Balaban J connectivity index is 1.95. The molecule has 1 aromatic carbocycles. The number of benzene rings is 1. The highest BCUT2D eigenvalue weighted by molar-refractivity contribution is 5.35. The van der Waals surface area contributed by atoms with Crippen molar-refractivity contribution < 1.29 is 13.5 Å². The van der Waals surface area contributed by atoms with Gasteiger partial charge >= 0.3 is 0 Å². The summed E-state index contributed by atoms with van der Waals surface area (Å²) in [6, 6.07) is 4.78. The molecule has 3 rings (SSSR count). The van der Waals surface area contributed by atoms with E-state index in [2.05, 4.69) is 15.1 Å². The van der Waals surface area contributed by atoms with Gasteiger partial charge in [-0.25, -0.2) is 13.8 Å². The van der Waals surface area contributed by atoms with Gasteiger partial charge in [-0.1, -0.05) is 0 Å². The molecule has 3 aromatic rings. The molecular formula is C13H11F2N5O. The zero-order valence-electron chi connectivity index (χ0n) is 11.0. The van der Waals surface area contributed by atoms with Crippen LogP contribution in [0.15, 0.2) is 30.5 Å². The Morgan fingerprint density at radius 1 is 1.29 bits per heavy atom. The van der Waals surface area contributed by atoms with Gasteiger partial charge < -0.3 is 10.5 Å². The van der Waals surface area contributed by atoms with Gasteiger partial charge in [0.15, 0.2) is 11.6 Å². The molecule has 0 unspecified atom stereocenters. The minimum atomic E-state index is -0.773. The second-order valence-electron chi connectivity index (χ2n) is 4.39. The fourth-order valence-corrected chi connectivity index (χ4v) is 1.96. The molecule has 2 heterocycles. The van der Waals surface area contributed by atoms with Gasteiger partial charge in [-0.05, 0) is 25.1 Å². The zero-order valence-corrected chi connectivity index (χ0v) is 11.0. The van der Waals surface area contributed by atoms with E-state index in [-0.39, 0.29) is 11.7 Å². The van der Waals surface area contributed by atoms with Gasteiger partial charge in [0.1, 0.15) is 11.9 Å². The van der Waals surface area contributed by atoms with E-state index in [1.807, 2.05) is 0 Å². The van der Waals surface area contributed by atoms with Crippen LogP contribution < -0.4 is 10.5 Å². The minimum absolute atomic E-state index is 0.0538. The Bertz CT molecular complexity index is 804. The highest BCUT2D eigenvalue weighted by Gasteiger charge is 2.16. The summed E-state index contributed by atoms with van der Waals surface area (Å²) in [6.07, 6.45) is 0.969. The van der Waals surface area contributed by atoms with Crippen LogP contribution in [-0.4, -0.2) is 19.6 Å². The van der Waals surface area contributed by atoms with Crippen molar-refractivity contribution in [3.05, 3.63) is 47.8 Å². The monoisotopic (exact) mass is 291 g/mol. The Labute approximate surface area is 118 Å². The van der Waals surface area contributed by atoms with Crippen LogP contribution in [0.25, 0.3) is 5.78 Å². The third kappa shape index (κ3) is 2.47. The van der Waals surface area contributed by atoms with E-state index >= 15 is 0 Å². The normalized spacial score (nSPS) is 12.5. The molecule has 2 N–H and O–H groups in total. The molecule has 6 nitrogen and oxygen atoms in total. The predicted molar refractivity (Wildman–Crippen MR) is 70.6 cm³/mol. The van der Waals surface area contributed by atoms with E-state index in [0.717, 1.165) is 12.1 Å². The summed E-state index contributed by atoms with van der Waals surface area (Å²) in [7, 11) is 0. The Morgan fingerprint density at radius 2 is 2.10 bits per heavy atom. The lowest BCUT2D eigenvalue weighted by Gasteiger charge is -2.15. The third-order valence-electron chi connectivity index (χ3n) is 2.90. The molecule has 0 aliphatic carbocycles. The first kappa shape index (κ1) is 13.2. The van der Waals surface area contributed by atoms with Crippen molar-refractivity contribution in [2.24, 2.45) is 0 Å². The molecule has 0 fully saturated rings. The van der Waals surface area contributed by atoms with E-state index in [1.54, 1.807) is 13.0 Å². The lowest BCUT2D eigenvalue weighted by atomic mass is 10.2. The number of nitrogens with two attached hydrogens (primary N) is 1. The van der Waals surface area contributed by atoms with Crippen molar-refractivity contribution in [1.82, 2.24) is 19.6 Å². The summed E-state index contributed by atoms with van der Waals surface area (Å²) in [4.78, 5) is 7.94. The highest BCUT2D eigenvalue weighted by atomic mass is 19.1. The van der Waals surface area contributed by atoms with E-state index in [9.17, 15) is 8.78 Å². The standard InChI is InChI=1S/C13H11F2N5O/c1-7(21-11-3-2-8(14)6-9(11)15)10-4-5-17-13-18-12(16)19-20(10)13/h2-7H,1H3,(H2,16,19)/t7-/m1/s1. The summed E-state index contributed by atoms with van der Waals surface area (Å²) in [6.45, 7) is 1.70. The average molecular weight is 291 g/mol. The maximum atomic E-state index is 13.6. The maximum Gasteiger partial charge on any atom is 0.254 e. The summed E-state index contributed by atoms with van der Waals surface area (Å²) in [5.41, 5.74) is 6.12. The average Bonchev–Trinajstić information content (AvgIpc) is 2.81. The van der Waals surface area contributed by atoms with Crippen LogP contribution in [0.4, 0.5) is 14.7 Å². The Kier molecular flexibility index (Phi) is 3.13. The number of anilines is 1. The van der Waals surface area contributed by atoms with E-state index < -0.39 is 17.7 Å². The first-order valence-electron chi connectivity index (χ1n) is 6.13. The predicted octanol–water partition coefficient (Wildman–Crippen LogP) is 2.12. The van der Waals surface area contributed by atoms with Crippen LogP contribution in [0, 0.1) is 11.6 Å². The van der Waals surface area contributed by atoms with E-state index in [1.165, 1.54) is 16.8 Å². The lowest BCUT2D eigenvalue weighted by molar-refractivity contribution is 0.208.